The van der Waals surface area contributed by atoms with E-state index in [-0.39, 0.29) is 0 Å². The number of hydrazone groups is 1. The van der Waals surface area contributed by atoms with Gasteiger partial charge in [-0.25, -0.2) is 5.43 Å². The molecular formula is C17H15Cl2N3O2. The molecule has 2 aromatic rings. The van der Waals surface area contributed by atoms with Gasteiger partial charge in [-0.1, -0.05) is 48.3 Å². The molecule has 0 atom stereocenters. The molecule has 0 bridgehead atoms. The van der Waals surface area contributed by atoms with Gasteiger partial charge < -0.3 is 5.32 Å². The SMILES string of the molecule is CCc1ccc(NC(=O)C(=O)N/N=C/c2c(Cl)cccc2Cl)cc1. The second kappa shape index (κ2) is 8.47. The van der Waals surface area contributed by atoms with Crippen LogP contribution >= 0.6 is 23.2 Å². The summed E-state index contributed by atoms with van der Waals surface area (Å²) in [5.41, 5.74) is 4.26. The van der Waals surface area contributed by atoms with Crippen LogP contribution in [-0.4, -0.2) is 18.0 Å². The van der Waals surface area contributed by atoms with Gasteiger partial charge in [0.25, 0.3) is 0 Å². The minimum Gasteiger partial charge on any atom is -0.318 e. The second-order valence-electron chi connectivity index (χ2n) is 4.84. The Morgan fingerprint density at radius 1 is 1.04 bits per heavy atom. The highest BCUT2D eigenvalue weighted by molar-refractivity contribution is 6.40. The molecule has 24 heavy (non-hydrogen) atoms. The molecule has 0 fully saturated rings. The second-order valence-corrected chi connectivity index (χ2v) is 5.65. The Hall–Kier alpha value is -2.37. The molecule has 0 aliphatic rings. The highest BCUT2D eigenvalue weighted by Crippen LogP contribution is 2.21. The number of nitrogens with one attached hydrogen (secondary N) is 2. The van der Waals surface area contributed by atoms with Gasteiger partial charge in [0.15, 0.2) is 0 Å². The summed E-state index contributed by atoms with van der Waals surface area (Å²) in [5, 5.41) is 6.97. The van der Waals surface area contributed by atoms with E-state index in [2.05, 4.69) is 15.8 Å². The number of hydrogen-bond donors (Lipinski definition) is 2. The van der Waals surface area contributed by atoms with Gasteiger partial charge in [0.05, 0.1) is 16.3 Å². The largest absolute Gasteiger partial charge is 0.329 e. The van der Waals surface area contributed by atoms with E-state index >= 15 is 0 Å². The van der Waals surface area contributed by atoms with Crippen molar-refractivity contribution >= 4 is 46.9 Å². The number of carbonyl (C=O) groups excluding carboxylic acids is 2. The predicted octanol–water partition coefficient (Wildman–Crippen LogP) is 3.64. The minimum absolute atomic E-state index is 0.390. The summed E-state index contributed by atoms with van der Waals surface area (Å²) in [4.78, 5) is 23.5. The average molecular weight is 364 g/mol. The summed E-state index contributed by atoms with van der Waals surface area (Å²) in [7, 11) is 0. The smallest absolute Gasteiger partial charge is 0.318 e. The van der Waals surface area contributed by atoms with Crippen LogP contribution in [0.1, 0.15) is 18.1 Å². The number of benzene rings is 2. The van der Waals surface area contributed by atoms with Crippen molar-refractivity contribution in [2.75, 3.05) is 5.32 Å². The monoisotopic (exact) mass is 363 g/mol. The maximum Gasteiger partial charge on any atom is 0.329 e. The molecule has 0 radical (unpaired) electrons. The maximum atomic E-state index is 11.8. The van der Waals surface area contributed by atoms with Crippen molar-refractivity contribution in [1.82, 2.24) is 5.43 Å². The molecule has 7 heteroatoms. The van der Waals surface area contributed by atoms with Gasteiger partial charge in [-0.2, -0.15) is 5.10 Å². The van der Waals surface area contributed by atoms with Crippen LogP contribution in [0.5, 0.6) is 0 Å². The van der Waals surface area contributed by atoms with Crippen molar-refractivity contribution in [3.05, 3.63) is 63.6 Å². The third-order valence-corrected chi connectivity index (χ3v) is 3.84. The Morgan fingerprint density at radius 3 is 2.25 bits per heavy atom. The van der Waals surface area contributed by atoms with Crippen molar-refractivity contribution in [1.29, 1.82) is 0 Å². The predicted molar refractivity (Wildman–Crippen MR) is 96.6 cm³/mol. The van der Waals surface area contributed by atoms with Crippen LogP contribution in [0.2, 0.25) is 10.0 Å². The molecular weight excluding hydrogens is 349 g/mol. The molecule has 0 spiro atoms. The lowest BCUT2D eigenvalue weighted by atomic mass is 10.1. The van der Waals surface area contributed by atoms with Crippen LogP contribution in [-0.2, 0) is 16.0 Å². The summed E-state index contributed by atoms with van der Waals surface area (Å²) in [5.74, 6) is -1.71. The average Bonchev–Trinajstić information content (AvgIpc) is 2.58. The molecule has 2 amide bonds. The lowest BCUT2D eigenvalue weighted by Gasteiger charge is -2.05. The highest BCUT2D eigenvalue weighted by atomic mass is 35.5. The van der Waals surface area contributed by atoms with E-state index in [1.165, 1.54) is 6.21 Å². The molecule has 5 nitrogen and oxygen atoms in total. The summed E-state index contributed by atoms with van der Waals surface area (Å²) in [6.45, 7) is 2.03. The molecule has 0 aliphatic carbocycles. The molecule has 0 heterocycles. The third-order valence-electron chi connectivity index (χ3n) is 3.19. The summed E-state index contributed by atoms with van der Waals surface area (Å²) < 4.78 is 0. The van der Waals surface area contributed by atoms with Crippen molar-refractivity contribution in [3.8, 4) is 0 Å². The molecule has 0 saturated carbocycles. The number of aryl methyl sites for hydroxylation is 1. The summed E-state index contributed by atoms with van der Waals surface area (Å²) in [6.07, 6.45) is 2.18. The Balaban J connectivity index is 1.94. The maximum absolute atomic E-state index is 11.8. The molecule has 2 rings (SSSR count). The minimum atomic E-state index is -0.894. The number of rotatable bonds is 4. The first-order chi connectivity index (χ1) is 11.5. The molecule has 124 valence electrons. The number of halogens is 2. The molecule has 0 aliphatic heterocycles. The fraction of sp³-hybridized carbons (Fsp3) is 0.118. The molecule has 2 aromatic carbocycles. The van der Waals surface area contributed by atoms with Crippen LogP contribution < -0.4 is 10.7 Å². The first-order valence-corrected chi connectivity index (χ1v) is 7.94. The van der Waals surface area contributed by atoms with Crippen LogP contribution in [0, 0.1) is 0 Å². The van der Waals surface area contributed by atoms with Crippen molar-refractivity contribution in [2.24, 2.45) is 5.10 Å². The molecule has 2 N–H and O–H groups in total. The Bertz CT molecular complexity index is 754. The Kier molecular flexibility index (Phi) is 6.35. The van der Waals surface area contributed by atoms with E-state index < -0.39 is 11.8 Å². The zero-order chi connectivity index (χ0) is 17.5. The van der Waals surface area contributed by atoms with E-state index in [1.807, 2.05) is 19.1 Å². The van der Waals surface area contributed by atoms with Crippen molar-refractivity contribution in [2.45, 2.75) is 13.3 Å². The van der Waals surface area contributed by atoms with Gasteiger partial charge >= 0.3 is 11.8 Å². The first kappa shape index (κ1) is 18.0. The quantitative estimate of drug-likeness (QED) is 0.494. The number of hydrogen-bond acceptors (Lipinski definition) is 3. The third kappa shape index (κ3) is 4.81. The van der Waals surface area contributed by atoms with Crippen molar-refractivity contribution < 1.29 is 9.59 Å². The topological polar surface area (TPSA) is 70.6 Å². The van der Waals surface area contributed by atoms with Crippen LogP contribution in [0.3, 0.4) is 0 Å². The van der Waals surface area contributed by atoms with Gasteiger partial charge in [0, 0.05) is 11.3 Å². The van der Waals surface area contributed by atoms with E-state index in [9.17, 15) is 9.59 Å². The van der Waals surface area contributed by atoms with E-state index in [0.717, 1.165) is 12.0 Å². The van der Waals surface area contributed by atoms with Gasteiger partial charge in [0.2, 0.25) is 0 Å². The molecule has 0 saturated heterocycles. The standard InChI is InChI=1S/C17H15Cl2N3O2/c1-2-11-6-8-12(9-7-11)21-16(23)17(24)22-20-10-13-14(18)4-3-5-15(13)19/h3-10H,2H2,1H3,(H,21,23)(H,22,24)/b20-10+. The zero-order valence-corrected chi connectivity index (χ0v) is 14.4. The highest BCUT2D eigenvalue weighted by Gasteiger charge is 2.13. The normalized spacial score (nSPS) is 10.6. The number of nitrogens with zero attached hydrogens (tertiary/aromatic N) is 1. The Morgan fingerprint density at radius 2 is 1.67 bits per heavy atom. The number of anilines is 1. The van der Waals surface area contributed by atoms with E-state index in [1.54, 1.807) is 30.3 Å². The summed E-state index contributed by atoms with van der Waals surface area (Å²) >= 11 is 11.9. The zero-order valence-electron chi connectivity index (χ0n) is 12.8. The fourth-order valence-electron chi connectivity index (χ4n) is 1.85. The van der Waals surface area contributed by atoms with Gasteiger partial charge in [-0.05, 0) is 36.2 Å². The Labute approximate surface area is 149 Å². The van der Waals surface area contributed by atoms with E-state index in [0.29, 0.717) is 21.3 Å². The van der Waals surface area contributed by atoms with Gasteiger partial charge in [-0.3, -0.25) is 9.59 Å². The van der Waals surface area contributed by atoms with E-state index in [4.69, 9.17) is 23.2 Å². The van der Waals surface area contributed by atoms with Gasteiger partial charge in [-0.15, -0.1) is 0 Å². The molecule has 0 aromatic heterocycles. The van der Waals surface area contributed by atoms with Crippen molar-refractivity contribution in [3.63, 3.8) is 0 Å². The summed E-state index contributed by atoms with van der Waals surface area (Å²) in [6, 6.07) is 12.2. The lowest BCUT2D eigenvalue weighted by molar-refractivity contribution is -0.136. The fourth-order valence-corrected chi connectivity index (χ4v) is 2.35. The lowest BCUT2D eigenvalue weighted by Crippen LogP contribution is -2.32. The number of carbonyl (C=O) groups is 2. The first-order valence-electron chi connectivity index (χ1n) is 7.18. The number of amides is 2. The van der Waals surface area contributed by atoms with Gasteiger partial charge in [0.1, 0.15) is 0 Å². The molecule has 0 unspecified atom stereocenters. The van der Waals surface area contributed by atoms with Crippen LogP contribution in [0.4, 0.5) is 5.69 Å². The van der Waals surface area contributed by atoms with Crippen LogP contribution in [0.15, 0.2) is 47.6 Å². The van der Waals surface area contributed by atoms with Crippen LogP contribution in [0.25, 0.3) is 0 Å².